The van der Waals surface area contributed by atoms with Gasteiger partial charge in [0.2, 0.25) is 11.8 Å². The fourth-order valence-corrected chi connectivity index (χ4v) is 3.32. The maximum Gasteiger partial charge on any atom is 0.331 e. The van der Waals surface area contributed by atoms with E-state index in [1.54, 1.807) is 10.9 Å². The van der Waals surface area contributed by atoms with Crippen molar-refractivity contribution >= 4 is 29.2 Å². The molecule has 4 amide bonds. The predicted octanol–water partition coefficient (Wildman–Crippen LogP) is 1.28. The number of amides is 4. The third-order valence-corrected chi connectivity index (χ3v) is 4.45. The van der Waals surface area contributed by atoms with Gasteiger partial charge in [-0.1, -0.05) is 12.8 Å². The van der Waals surface area contributed by atoms with E-state index in [1.807, 2.05) is 0 Å². The zero-order chi connectivity index (χ0) is 13.5. The van der Waals surface area contributed by atoms with Crippen LogP contribution in [0.15, 0.2) is 10.9 Å². The van der Waals surface area contributed by atoms with E-state index < -0.39 is 17.4 Å². The minimum Gasteiger partial charge on any atom is -0.277 e. The molecule has 7 heteroatoms. The molecule has 1 saturated carbocycles. The van der Waals surface area contributed by atoms with Gasteiger partial charge in [-0.05, 0) is 12.8 Å². The SMILES string of the molecule is O=C1NC(=O)C2(CCCC2)C(=O)N1Cc1cscn1. The number of hydrogen-bond donors (Lipinski definition) is 1. The quantitative estimate of drug-likeness (QED) is 0.827. The number of carbonyl (C=O) groups excluding carboxylic acids is 3. The highest BCUT2D eigenvalue weighted by atomic mass is 32.1. The molecule has 0 bridgehead atoms. The van der Waals surface area contributed by atoms with E-state index in [9.17, 15) is 14.4 Å². The molecule has 0 atom stereocenters. The third-order valence-electron chi connectivity index (χ3n) is 3.82. The topological polar surface area (TPSA) is 79.4 Å². The molecule has 1 aliphatic carbocycles. The summed E-state index contributed by atoms with van der Waals surface area (Å²) in [6.45, 7) is 0.128. The molecule has 1 saturated heterocycles. The molecule has 2 aliphatic rings. The van der Waals surface area contributed by atoms with Gasteiger partial charge < -0.3 is 0 Å². The minimum atomic E-state index is -1.02. The molecule has 1 aromatic heterocycles. The molecule has 0 aromatic carbocycles. The lowest BCUT2D eigenvalue weighted by molar-refractivity contribution is -0.151. The first-order chi connectivity index (χ1) is 9.13. The third kappa shape index (κ3) is 1.85. The second-order valence-corrected chi connectivity index (χ2v) is 5.64. The Balaban J connectivity index is 1.89. The monoisotopic (exact) mass is 279 g/mol. The van der Waals surface area contributed by atoms with Crippen LogP contribution in [0.3, 0.4) is 0 Å². The lowest BCUT2D eigenvalue weighted by Crippen LogP contribution is -2.62. The zero-order valence-corrected chi connectivity index (χ0v) is 11.0. The number of nitrogens with one attached hydrogen (secondary N) is 1. The van der Waals surface area contributed by atoms with E-state index in [4.69, 9.17) is 0 Å². The van der Waals surface area contributed by atoms with Crippen LogP contribution in [0, 0.1) is 5.41 Å². The van der Waals surface area contributed by atoms with Crippen LogP contribution >= 0.6 is 11.3 Å². The first kappa shape index (κ1) is 12.3. The molecule has 1 aliphatic heterocycles. The Bertz CT molecular complexity index is 534. The van der Waals surface area contributed by atoms with Crippen LogP contribution in [0.5, 0.6) is 0 Å². The number of hydrogen-bond acceptors (Lipinski definition) is 5. The number of thiazole rings is 1. The molecule has 0 unspecified atom stereocenters. The minimum absolute atomic E-state index is 0.128. The van der Waals surface area contributed by atoms with Crippen molar-refractivity contribution in [1.29, 1.82) is 0 Å². The molecule has 1 spiro atoms. The van der Waals surface area contributed by atoms with Crippen LogP contribution in [0.4, 0.5) is 4.79 Å². The van der Waals surface area contributed by atoms with Crippen LogP contribution in [0.1, 0.15) is 31.4 Å². The van der Waals surface area contributed by atoms with E-state index in [0.717, 1.165) is 17.7 Å². The van der Waals surface area contributed by atoms with Gasteiger partial charge in [0.25, 0.3) is 0 Å². The molecule has 6 nitrogen and oxygen atoms in total. The van der Waals surface area contributed by atoms with E-state index >= 15 is 0 Å². The normalized spacial score (nSPS) is 22.1. The highest BCUT2D eigenvalue weighted by Crippen LogP contribution is 2.42. The molecule has 1 aromatic rings. The Morgan fingerprint density at radius 1 is 1.32 bits per heavy atom. The smallest absolute Gasteiger partial charge is 0.277 e. The molecule has 1 N–H and O–H groups in total. The summed E-state index contributed by atoms with van der Waals surface area (Å²) in [6, 6.07) is -0.638. The fourth-order valence-electron chi connectivity index (χ4n) is 2.77. The molecule has 19 heavy (non-hydrogen) atoms. The summed E-state index contributed by atoms with van der Waals surface area (Å²) in [4.78, 5) is 41.5. The number of rotatable bonds is 2. The van der Waals surface area contributed by atoms with E-state index in [1.165, 1.54) is 11.3 Å². The second-order valence-electron chi connectivity index (χ2n) is 4.92. The van der Waals surface area contributed by atoms with E-state index in [0.29, 0.717) is 18.5 Å². The van der Waals surface area contributed by atoms with Gasteiger partial charge in [-0.25, -0.2) is 9.78 Å². The standard InChI is InChI=1S/C12H13N3O3S/c16-9-12(3-1-2-4-12)10(17)15(11(18)14-9)5-8-6-19-7-13-8/h6-7H,1-5H2,(H,14,16,18). The lowest BCUT2D eigenvalue weighted by Gasteiger charge is -2.36. The van der Waals surface area contributed by atoms with Crippen molar-refractivity contribution in [2.24, 2.45) is 5.41 Å². The average Bonchev–Trinajstić information content (AvgIpc) is 3.05. The number of barbiturate groups is 1. The summed E-state index contributed by atoms with van der Waals surface area (Å²) in [7, 11) is 0. The Kier molecular flexibility index (Phi) is 2.85. The lowest BCUT2D eigenvalue weighted by atomic mass is 9.82. The number of aromatic nitrogens is 1. The largest absolute Gasteiger partial charge is 0.331 e. The Labute approximate surface area is 113 Å². The summed E-state index contributed by atoms with van der Waals surface area (Å²) >= 11 is 1.41. The van der Waals surface area contributed by atoms with Crippen molar-refractivity contribution < 1.29 is 14.4 Å². The van der Waals surface area contributed by atoms with Crippen LogP contribution in [0.2, 0.25) is 0 Å². The summed E-state index contributed by atoms with van der Waals surface area (Å²) in [6.07, 6.45) is 2.74. The summed E-state index contributed by atoms with van der Waals surface area (Å²) in [5.41, 5.74) is 1.29. The Hall–Kier alpha value is -1.76. The van der Waals surface area contributed by atoms with Crippen molar-refractivity contribution in [2.75, 3.05) is 0 Å². The average molecular weight is 279 g/mol. The summed E-state index contributed by atoms with van der Waals surface area (Å²) in [5.74, 6) is -0.804. The first-order valence-corrected chi connectivity index (χ1v) is 7.12. The van der Waals surface area contributed by atoms with Gasteiger partial charge >= 0.3 is 6.03 Å². The summed E-state index contributed by atoms with van der Waals surface area (Å²) < 4.78 is 0. The van der Waals surface area contributed by atoms with Gasteiger partial charge in [-0.2, -0.15) is 0 Å². The maximum absolute atomic E-state index is 12.5. The Morgan fingerprint density at radius 3 is 2.68 bits per heavy atom. The van der Waals surface area contributed by atoms with Crippen LogP contribution < -0.4 is 5.32 Å². The fraction of sp³-hybridized carbons (Fsp3) is 0.500. The maximum atomic E-state index is 12.5. The molecule has 0 radical (unpaired) electrons. The molecule has 100 valence electrons. The Morgan fingerprint density at radius 2 is 2.05 bits per heavy atom. The number of carbonyl (C=O) groups is 3. The first-order valence-electron chi connectivity index (χ1n) is 6.18. The van der Waals surface area contributed by atoms with Crippen molar-refractivity contribution in [3.63, 3.8) is 0 Å². The molecule has 2 fully saturated rings. The van der Waals surface area contributed by atoms with Gasteiger partial charge in [-0.15, -0.1) is 11.3 Å². The van der Waals surface area contributed by atoms with Crippen molar-refractivity contribution in [1.82, 2.24) is 15.2 Å². The van der Waals surface area contributed by atoms with Crippen molar-refractivity contribution in [3.05, 3.63) is 16.6 Å². The van der Waals surface area contributed by atoms with Crippen LogP contribution in [-0.4, -0.2) is 27.7 Å². The highest BCUT2D eigenvalue weighted by Gasteiger charge is 2.54. The molecule has 2 heterocycles. The van der Waals surface area contributed by atoms with Gasteiger partial charge in [-0.3, -0.25) is 19.8 Å². The second kappa shape index (κ2) is 4.41. The molecular formula is C12H13N3O3S. The number of nitrogens with zero attached hydrogens (tertiary/aromatic N) is 2. The highest BCUT2D eigenvalue weighted by molar-refractivity contribution is 7.07. The predicted molar refractivity (Wildman–Crippen MR) is 67.1 cm³/mol. The zero-order valence-electron chi connectivity index (χ0n) is 10.2. The van der Waals surface area contributed by atoms with Gasteiger partial charge in [0.1, 0.15) is 5.41 Å². The van der Waals surface area contributed by atoms with Crippen LogP contribution in [0.25, 0.3) is 0 Å². The van der Waals surface area contributed by atoms with Crippen LogP contribution in [-0.2, 0) is 16.1 Å². The van der Waals surface area contributed by atoms with Gasteiger partial charge in [0.15, 0.2) is 0 Å². The molecular weight excluding hydrogens is 266 g/mol. The van der Waals surface area contributed by atoms with Crippen molar-refractivity contribution in [2.45, 2.75) is 32.2 Å². The molecule has 3 rings (SSSR count). The number of urea groups is 1. The van der Waals surface area contributed by atoms with E-state index in [2.05, 4.69) is 10.3 Å². The van der Waals surface area contributed by atoms with Crippen molar-refractivity contribution in [3.8, 4) is 0 Å². The van der Waals surface area contributed by atoms with E-state index in [-0.39, 0.29) is 12.5 Å². The van der Waals surface area contributed by atoms with Gasteiger partial charge in [0.05, 0.1) is 17.7 Å². The summed E-state index contributed by atoms with van der Waals surface area (Å²) in [5, 5.41) is 4.10. The number of imide groups is 2. The van der Waals surface area contributed by atoms with Gasteiger partial charge in [0, 0.05) is 5.38 Å².